The van der Waals surface area contributed by atoms with E-state index in [1.54, 1.807) is 24.3 Å². The molecule has 1 aromatic carbocycles. The van der Waals surface area contributed by atoms with Crippen LogP contribution < -0.4 is 5.73 Å². The second kappa shape index (κ2) is 5.17. The maximum atomic E-state index is 11.3. The summed E-state index contributed by atoms with van der Waals surface area (Å²) in [4.78, 5) is 22.4. The number of amides is 1. The van der Waals surface area contributed by atoms with Gasteiger partial charge in [-0.1, -0.05) is 5.21 Å². The minimum atomic E-state index is -1.22. The van der Waals surface area contributed by atoms with E-state index in [-0.39, 0.29) is 11.4 Å². The molecule has 2 heterocycles. The van der Waals surface area contributed by atoms with E-state index in [0.29, 0.717) is 17.0 Å². The van der Waals surface area contributed by atoms with Gasteiger partial charge in [-0.3, -0.25) is 4.79 Å². The molecule has 3 rings (SSSR count). The molecule has 2 aromatic heterocycles. The highest BCUT2D eigenvalue weighted by Crippen LogP contribution is 2.25. The molecule has 0 atom stereocenters. The number of carbonyl (C=O) groups excluding carboxylic acids is 1. The summed E-state index contributed by atoms with van der Waals surface area (Å²) in [5, 5.41) is 16.7. The minimum absolute atomic E-state index is 0.212. The molecule has 110 valence electrons. The summed E-state index contributed by atoms with van der Waals surface area (Å²) in [5.74, 6) is -1.45. The first-order chi connectivity index (χ1) is 10.6. The molecule has 8 heteroatoms. The van der Waals surface area contributed by atoms with Crippen molar-refractivity contribution in [1.82, 2.24) is 15.0 Å². The largest absolute Gasteiger partial charge is 0.476 e. The third kappa shape index (κ3) is 2.22. The van der Waals surface area contributed by atoms with Gasteiger partial charge in [-0.15, -0.1) is 5.10 Å². The normalized spacial score (nSPS) is 10.5. The van der Waals surface area contributed by atoms with Crippen LogP contribution in [-0.4, -0.2) is 32.0 Å². The van der Waals surface area contributed by atoms with Gasteiger partial charge in [0.15, 0.2) is 5.76 Å². The molecule has 0 aliphatic rings. The van der Waals surface area contributed by atoms with Gasteiger partial charge in [0.1, 0.15) is 5.69 Å². The highest BCUT2D eigenvalue weighted by atomic mass is 16.4. The van der Waals surface area contributed by atoms with Crippen LogP contribution >= 0.6 is 0 Å². The van der Waals surface area contributed by atoms with Gasteiger partial charge in [0.25, 0.3) is 0 Å². The number of aromatic carboxylic acids is 1. The first-order valence-corrected chi connectivity index (χ1v) is 6.21. The van der Waals surface area contributed by atoms with E-state index in [0.717, 1.165) is 0 Å². The SMILES string of the molecule is NC(=O)c1ccc(-n2nnc(C(=O)O)c2-c2ccco2)cc1. The van der Waals surface area contributed by atoms with Gasteiger partial charge in [-0.2, -0.15) is 0 Å². The second-order valence-electron chi connectivity index (χ2n) is 4.39. The van der Waals surface area contributed by atoms with Gasteiger partial charge >= 0.3 is 5.97 Å². The summed E-state index contributed by atoms with van der Waals surface area (Å²) in [6, 6.07) is 9.46. The molecule has 0 radical (unpaired) electrons. The Kier molecular flexibility index (Phi) is 3.18. The molecule has 1 amide bonds. The number of nitrogens with zero attached hydrogens (tertiary/aromatic N) is 3. The van der Waals surface area contributed by atoms with Gasteiger partial charge in [-0.25, -0.2) is 9.48 Å². The Bertz CT molecular complexity index is 834. The highest BCUT2D eigenvalue weighted by Gasteiger charge is 2.23. The van der Waals surface area contributed by atoms with Gasteiger partial charge in [0, 0.05) is 5.56 Å². The summed E-state index contributed by atoms with van der Waals surface area (Å²) >= 11 is 0. The molecule has 0 bridgehead atoms. The van der Waals surface area contributed by atoms with E-state index in [1.165, 1.54) is 23.1 Å². The van der Waals surface area contributed by atoms with E-state index in [1.807, 2.05) is 0 Å². The first kappa shape index (κ1) is 13.6. The number of primary amides is 1. The maximum absolute atomic E-state index is 11.3. The summed E-state index contributed by atoms with van der Waals surface area (Å²) in [6.07, 6.45) is 1.43. The van der Waals surface area contributed by atoms with Crippen LogP contribution in [0.2, 0.25) is 0 Å². The zero-order valence-corrected chi connectivity index (χ0v) is 11.1. The Balaban J connectivity index is 2.15. The topological polar surface area (TPSA) is 124 Å². The molecule has 3 N–H and O–H groups in total. The Morgan fingerprint density at radius 3 is 2.45 bits per heavy atom. The lowest BCUT2D eigenvalue weighted by atomic mass is 10.2. The van der Waals surface area contributed by atoms with Crippen molar-refractivity contribution >= 4 is 11.9 Å². The van der Waals surface area contributed by atoms with E-state index in [4.69, 9.17) is 10.2 Å². The van der Waals surface area contributed by atoms with Crippen LogP contribution in [0.15, 0.2) is 47.1 Å². The van der Waals surface area contributed by atoms with Gasteiger partial charge in [0.05, 0.1) is 12.0 Å². The monoisotopic (exact) mass is 298 g/mol. The smallest absolute Gasteiger partial charge is 0.358 e. The summed E-state index contributed by atoms with van der Waals surface area (Å²) < 4.78 is 6.58. The van der Waals surface area contributed by atoms with Crippen LogP contribution in [0.4, 0.5) is 0 Å². The molecular formula is C14H10N4O4. The standard InChI is InChI=1S/C14H10N4O4/c15-13(19)8-3-5-9(6-4-8)18-12(10-2-1-7-22-10)11(14(20)21)16-17-18/h1-7H,(H2,15,19)(H,20,21). The number of benzene rings is 1. The zero-order valence-electron chi connectivity index (χ0n) is 11.1. The number of carbonyl (C=O) groups is 2. The first-order valence-electron chi connectivity index (χ1n) is 6.21. The predicted octanol–water partition coefficient (Wildman–Crippen LogP) is 1.32. The van der Waals surface area contributed by atoms with Gasteiger partial charge in [0.2, 0.25) is 11.6 Å². The number of carboxylic acid groups (broad SMARTS) is 1. The van der Waals surface area contributed by atoms with Crippen molar-refractivity contribution in [3.63, 3.8) is 0 Å². The molecule has 22 heavy (non-hydrogen) atoms. The van der Waals surface area contributed by atoms with E-state index >= 15 is 0 Å². The molecular weight excluding hydrogens is 288 g/mol. The van der Waals surface area contributed by atoms with Crippen molar-refractivity contribution in [2.75, 3.05) is 0 Å². The average Bonchev–Trinajstić information content (AvgIpc) is 3.16. The van der Waals surface area contributed by atoms with Crippen molar-refractivity contribution in [1.29, 1.82) is 0 Å². The molecule has 0 fully saturated rings. The quantitative estimate of drug-likeness (QED) is 0.748. The van der Waals surface area contributed by atoms with Crippen LogP contribution in [0.5, 0.6) is 0 Å². The van der Waals surface area contributed by atoms with Crippen LogP contribution in [0, 0.1) is 0 Å². The molecule has 8 nitrogen and oxygen atoms in total. The van der Waals surface area contributed by atoms with Crippen molar-refractivity contribution in [2.24, 2.45) is 5.73 Å². The molecule has 0 unspecified atom stereocenters. The number of aromatic nitrogens is 3. The molecule has 0 aliphatic carbocycles. The number of hydrogen-bond acceptors (Lipinski definition) is 5. The summed E-state index contributed by atoms with van der Waals surface area (Å²) in [7, 11) is 0. The number of rotatable bonds is 4. The predicted molar refractivity (Wildman–Crippen MR) is 74.5 cm³/mol. The van der Waals surface area contributed by atoms with E-state index in [2.05, 4.69) is 10.3 Å². The second-order valence-corrected chi connectivity index (χ2v) is 4.39. The van der Waals surface area contributed by atoms with Crippen molar-refractivity contribution in [2.45, 2.75) is 0 Å². The van der Waals surface area contributed by atoms with Crippen LogP contribution in [-0.2, 0) is 0 Å². The maximum Gasteiger partial charge on any atom is 0.358 e. The van der Waals surface area contributed by atoms with E-state index in [9.17, 15) is 14.7 Å². The number of nitrogens with two attached hydrogens (primary N) is 1. The summed E-state index contributed by atoms with van der Waals surface area (Å²) in [6.45, 7) is 0. The molecule has 0 saturated carbocycles. The minimum Gasteiger partial charge on any atom is -0.476 e. The van der Waals surface area contributed by atoms with E-state index < -0.39 is 11.9 Å². The fourth-order valence-electron chi connectivity index (χ4n) is 2.01. The van der Waals surface area contributed by atoms with Crippen LogP contribution in [0.1, 0.15) is 20.8 Å². The lowest BCUT2D eigenvalue weighted by Crippen LogP contribution is -2.11. The third-order valence-corrected chi connectivity index (χ3v) is 3.02. The molecule has 3 aromatic rings. The van der Waals surface area contributed by atoms with Crippen molar-refractivity contribution in [3.8, 4) is 17.1 Å². The Labute approximate surface area is 123 Å². The lowest BCUT2D eigenvalue weighted by Gasteiger charge is -2.05. The molecule has 0 spiro atoms. The zero-order chi connectivity index (χ0) is 15.7. The fourth-order valence-corrected chi connectivity index (χ4v) is 2.01. The number of furan rings is 1. The van der Waals surface area contributed by atoms with Crippen LogP contribution in [0.3, 0.4) is 0 Å². The Hall–Kier alpha value is -3.42. The molecule has 0 aliphatic heterocycles. The van der Waals surface area contributed by atoms with Crippen LogP contribution in [0.25, 0.3) is 17.1 Å². The van der Waals surface area contributed by atoms with Gasteiger partial charge < -0.3 is 15.3 Å². The number of carboxylic acids is 1. The van der Waals surface area contributed by atoms with Gasteiger partial charge in [-0.05, 0) is 36.4 Å². The Morgan fingerprint density at radius 1 is 1.18 bits per heavy atom. The van der Waals surface area contributed by atoms with Crippen molar-refractivity contribution in [3.05, 3.63) is 53.9 Å². The fraction of sp³-hybridized carbons (Fsp3) is 0. The molecule has 0 saturated heterocycles. The van der Waals surface area contributed by atoms with Crippen molar-refractivity contribution < 1.29 is 19.1 Å². The average molecular weight is 298 g/mol. The lowest BCUT2D eigenvalue weighted by molar-refractivity contribution is 0.0690. The Morgan fingerprint density at radius 2 is 1.91 bits per heavy atom. The summed E-state index contributed by atoms with van der Waals surface area (Å²) in [5.41, 5.74) is 6.03. The number of hydrogen-bond donors (Lipinski definition) is 2. The highest BCUT2D eigenvalue weighted by molar-refractivity contribution is 5.93. The third-order valence-electron chi connectivity index (χ3n) is 3.02.